The normalized spacial score (nSPS) is 27.2. The highest BCUT2D eigenvalue weighted by molar-refractivity contribution is 5.80. The van der Waals surface area contributed by atoms with E-state index in [4.69, 9.17) is 0 Å². The van der Waals surface area contributed by atoms with Crippen molar-refractivity contribution in [1.29, 1.82) is 0 Å². The van der Waals surface area contributed by atoms with Crippen LogP contribution in [0.4, 0.5) is 0 Å². The molecule has 0 N–H and O–H groups in total. The maximum Gasteiger partial charge on any atom is 0.133 e. The molecule has 1 heteroatoms. The number of allylic oxidation sites excluding steroid dienone is 1. The van der Waals surface area contributed by atoms with Gasteiger partial charge in [-0.05, 0) is 30.6 Å². The summed E-state index contributed by atoms with van der Waals surface area (Å²) in [5, 5.41) is 0. The molecule has 0 spiro atoms. The third kappa shape index (κ3) is 3.33. The summed E-state index contributed by atoms with van der Waals surface area (Å²) in [6, 6.07) is 0. The monoisotopic (exact) mass is 180 g/mol. The second kappa shape index (κ2) is 4.08. The summed E-state index contributed by atoms with van der Waals surface area (Å²) in [4.78, 5) is 11.4. The first kappa shape index (κ1) is 10.5. The van der Waals surface area contributed by atoms with Crippen LogP contribution in [0.25, 0.3) is 0 Å². The summed E-state index contributed by atoms with van der Waals surface area (Å²) in [5.41, 5.74) is 0.237. The fourth-order valence-electron chi connectivity index (χ4n) is 2.41. The van der Waals surface area contributed by atoms with Crippen molar-refractivity contribution >= 4 is 5.78 Å². The summed E-state index contributed by atoms with van der Waals surface area (Å²) >= 11 is 0. The molecule has 0 unspecified atom stereocenters. The molecule has 1 fully saturated rings. The topological polar surface area (TPSA) is 17.1 Å². The van der Waals surface area contributed by atoms with Crippen molar-refractivity contribution in [2.75, 3.05) is 0 Å². The summed E-state index contributed by atoms with van der Waals surface area (Å²) < 4.78 is 0. The first-order valence-corrected chi connectivity index (χ1v) is 5.16. The summed E-state index contributed by atoms with van der Waals surface area (Å²) in [6.45, 7) is 8.11. The highest BCUT2D eigenvalue weighted by Crippen LogP contribution is 2.38. The van der Waals surface area contributed by atoms with Gasteiger partial charge in [-0.1, -0.05) is 19.9 Å². The lowest BCUT2D eigenvalue weighted by atomic mass is 9.70. The molecule has 0 saturated heterocycles. The molecule has 13 heavy (non-hydrogen) atoms. The van der Waals surface area contributed by atoms with Gasteiger partial charge in [0.15, 0.2) is 0 Å². The highest BCUT2D eigenvalue weighted by atomic mass is 16.1. The Hall–Kier alpha value is -0.590. The molecule has 1 saturated carbocycles. The van der Waals surface area contributed by atoms with Crippen molar-refractivity contribution in [2.45, 2.75) is 46.0 Å². The van der Waals surface area contributed by atoms with Gasteiger partial charge in [-0.15, -0.1) is 6.58 Å². The van der Waals surface area contributed by atoms with Crippen LogP contribution in [-0.2, 0) is 4.79 Å². The van der Waals surface area contributed by atoms with Crippen LogP contribution < -0.4 is 0 Å². The van der Waals surface area contributed by atoms with Crippen LogP contribution in [0.1, 0.15) is 46.0 Å². The van der Waals surface area contributed by atoms with E-state index in [1.165, 1.54) is 6.42 Å². The standard InChI is InChI=1S/C12H20O/c1-4-5-6-10-7-11(13)9-12(2,3)8-10/h4,10H,1,5-9H2,2-3H3/t10-/m0/s1. The van der Waals surface area contributed by atoms with E-state index >= 15 is 0 Å². The third-order valence-corrected chi connectivity index (χ3v) is 2.81. The molecule has 1 aliphatic carbocycles. The minimum Gasteiger partial charge on any atom is -0.300 e. The number of hydrogen-bond donors (Lipinski definition) is 0. The van der Waals surface area contributed by atoms with E-state index in [1.54, 1.807) is 0 Å². The molecule has 0 aliphatic heterocycles. The SMILES string of the molecule is C=CCC[C@H]1CC(=O)CC(C)(C)C1. The van der Waals surface area contributed by atoms with Gasteiger partial charge in [0.05, 0.1) is 0 Å². The molecule has 74 valence electrons. The molecule has 1 atom stereocenters. The van der Waals surface area contributed by atoms with E-state index < -0.39 is 0 Å². The van der Waals surface area contributed by atoms with E-state index in [1.807, 2.05) is 6.08 Å². The van der Waals surface area contributed by atoms with Crippen molar-refractivity contribution in [2.24, 2.45) is 11.3 Å². The van der Waals surface area contributed by atoms with Crippen molar-refractivity contribution in [3.63, 3.8) is 0 Å². The second-order valence-corrected chi connectivity index (χ2v) is 5.02. The Morgan fingerprint density at radius 3 is 2.85 bits per heavy atom. The zero-order valence-electron chi connectivity index (χ0n) is 8.81. The second-order valence-electron chi connectivity index (χ2n) is 5.02. The van der Waals surface area contributed by atoms with Crippen LogP contribution in [0.3, 0.4) is 0 Å². The third-order valence-electron chi connectivity index (χ3n) is 2.81. The summed E-state index contributed by atoms with van der Waals surface area (Å²) in [7, 11) is 0. The number of ketones is 1. The quantitative estimate of drug-likeness (QED) is 0.609. The molecule has 1 rings (SSSR count). The van der Waals surface area contributed by atoms with Gasteiger partial charge < -0.3 is 0 Å². The maximum absolute atomic E-state index is 11.4. The van der Waals surface area contributed by atoms with Crippen LogP contribution in [0.5, 0.6) is 0 Å². The van der Waals surface area contributed by atoms with E-state index in [0.29, 0.717) is 11.7 Å². The number of carbonyl (C=O) groups is 1. The molecule has 0 aromatic heterocycles. The van der Waals surface area contributed by atoms with Gasteiger partial charge in [-0.2, -0.15) is 0 Å². The van der Waals surface area contributed by atoms with Crippen molar-refractivity contribution in [3.05, 3.63) is 12.7 Å². The minimum atomic E-state index is 0.237. The van der Waals surface area contributed by atoms with Gasteiger partial charge in [0.1, 0.15) is 5.78 Å². The predicted molar refractivity (Wildman–Crippen MR) is 55.6 cm³/mol. The molecule has 0 aromatic carbocycles. The van der Waals surface area contributed by atoms with Crippen LogP contribution in [0.2, 0.25) is 0 Å². The average Bonchev–Trinajstić information content (AvgIpc) is 1.97. The molecule has 1 nitrogen and oxygen atoms in total. The predicted octanol–water partition coefficient (Wildman–Crippen LogP) is 3.35. The van der Waals surface area contributed by atoms with Crippen LogP contribution in [0.15, 0.2) is 12.7 Å². The molecule has 0 radical (unpaired) electrons. The highest BCUT2D eigenvalue weighted by Gasteiger charge is 2.32. The zero-order valence-corrected chi connectivity index (χ0v) is 8.81. The number of carbonyl (C=O) groups excluding carboxylic acids is 1. The van der Waals surface area contributed by atoms with Gasteiger partial charge >= 0.3 is 0 Å². The molecule has 0 bridgehead atoms. The van der Waals surface area contributed by atoms with Crippen LogP contribution in [0, 0.1) is 11.3 Å². The first-order valence-electron chi connectivity index (χ1n) is 5.16. The van der Waals surface area contributed by atoms with Crippen molar-refractivity contribution in [1.82, 2.24) is 0 Å². The lowest BCUT2D eigenvalue weighted by Crippen LogP contribution is -2.28. The van der Waals surface area contributed by atoms with E-state index in [-0.39, 0.29) is 5.41 Å². The molecule has 0 aromatic rings. The zero-order chi connectivity index (χ0) is 9.90. The van der Waals surface area contributed by atoms with E-state index in [9.17, 15) is 4.79 Å². The summed E-state index contributed by atoms with van der Waals surface area (Å²) in [5.74, 6) is 1.06. The number of hydrogen-bond acceptors (Lipinski definition) is 1. The molecular formula is C12H20O. The van der Waals surface area contributed by atoms with E-state index in [0.717, 1.165) is 25.7 Å². The largest absolute Gasteiger partial charge is 0.300 e. The molecular weight excluding hydrogens is 160 g/mol. The lowest BCUT2D eigenvalue weighted by molar-refractivity contribution is -0.124. The van der Waals surface area contributed by atoms with Crippen molar-refractivity contribution < 1.29 is 4.79 Å². The number of Topliss-reactive ketones (excluding diaryl/α,β-unsaturated/α-hetero) is 1. The Balaban J connectivity index is 2.47. The fraction of sp³-hybridized carbons (Fsp3) is 0.750. The lowest BCUT2D eigenvalue weighted by Gasteiger charge is -2.34. The fourth-order valence-corrected chi connectivity index (χ4v) is 2.41. The Morgan fingerprint density at radius 2 is 2.31 bits per heavy atom. The Labute approximate surface area is 81.2 Å². The van der Waals surface area contributed by atoms with E-state index in [2.05, 4.69) is 20.4 Å². The van der Waals surface area contributed by atoms with Crippen LogP contribution in [-0.4, -0.2) is 5.78 Å². The molecule has 0 heterocycles. The van der Waals surface area contributed by atoms with Gasteiger partial charge in [-0.25, -0.2) is 0 Å². The molecule has 1 aliphatic rings. The average molecular weight is 180 g/mol. The first-order chi connectivity index (χ1) is 6.03. The van der Waals surface area contributed by atoms with Crippen molar-refractivity contribution in [3.8, 4) is 0 Å². The van der Waals surface area contributed by atoms with Gasteiger partial charge in [0.2, 0.25) is 0 Å². The summed E-state index contributed by atoms with van der Waals surface area (Å²) in [6.07, 6.45) is 6.92. The maximum atomic E-state index is 11.4. The number of rotatable bonds is 3. The van der Waals surface area contributed by atoms with Crippen LogP contribution >= 0.6 is 0 Å². The van der Waals surface area contributed by atoms with Gasteiger partial charge in [0, 0.05) is 12.8 Å². The van der Waals surface area contributed by atoms with Gasteiger partial charge in [-0.3, -0.25) is 4.79 Å². The Bertz CT molecular complexity index is 203. The Kier molecular flexibility index (Phi) is 3.29. The minimum absolute atomic E-state index is 0.237. The van der Waals surface area contributed by atoms with Gasteiger partial charge in [0.25, 0.3) is 0 Å². The Morgan fingerprint density at radius 1 is 1.62 bits per heavy atom. The smallest absolute Gasteiger partial charge is 0.133 e. The molecule has 0 amide bonds.